The number of hydrogen-bond donors (Lipinski definition) is 3. The average molecular weight is 250 g/mol. The van der Waals surface area contributed by atoms with Crippen LogP contribution in [0.25, 0.3) is 0 Å². The van der Waals surface area contributed by atoms with Crippen molar-refractivity contribution in [3.8, 4) is 0 Å². The maximum Gasteiger partial charge on any atom is 0.310 e. The van der Waals surface area contributed by atoms with E-state index in [1.807, 2.05) is 6.92 Å². The molecule has 5 heteroatoms. The number of carboxylic acid groups (broad SMARTS) is 1. The Bertz CT molecular complexity index is 481. The Morgan fingerprint density at radius 2 is 2.00 bits per heavy atom. The molecule has 0 fully saturated rings. The fourth-order valence-electron chi connectivity index (χ4n) is 1.26. The lowest BCUT2D eigenvalue weighted by molar-refractivity contribution is -0.146. The maximum atomic E-state index is 11.8. The molecule has 0 bridgehead atoms. The SMILES string of the molecule is Cc1ccc(C(=O)NCC(C)(C)C(=O)O)cc1N. The van der Waals surface area contributed by atoms with Gasteiger partial charge in [0, 0.05) is 17.8 Å². The molecule has 0 saturated heterocycles. The van der Waals surface area contributed by atoms with Crippen LogP contribution in [0.3, 0.4) is 0 Å². The van der Waals surface area contributed by atoms with Gasteiger partial charge in [0.25, 0.3) is 5.91 Å². The highest BCUT2D eigenvalue weighted by atomic mass is 16.4. The molecule has 0 radical (unpaired) electrons. The predicted octanol–water partition coefficient (Wildman–Crippen LogP) is 1.42. The second-order valence-corrected chi connectivity index (χ2v) is 4.94. The Hall–Kier alpha value is -2.04. The number of nitrogen functional groups attached to an aromatic ring is 1. The average Bonchev–Trinajstić information content (AvgIpc) is 2.29. The fourth-order valence-corrected chi connectivity index (χ4v) is 1.26. The van der Waals surface area contributed by atoms with Crippen LogP contribution < -0.4 is 11.1 Å². The minimum Gasteiger partial charge on any atom is -0.481 e. The molecule has 0 unspecified atom stereocenters. The molecule has 18 heavy (non-hydrogen) atoms. The monoisotopic (exact) mass is 250 g/mol. The number of carboxylic acids is 1. The van der Waals surface area contributed by atoms with E-state index in [1.54, 1.807) is 32.0 Å². The normalized spacial score (nSPS) is 11.1. The number of anilines is 1. The van der Waals surface area contributed by atoms with Gasteiger partial charge in [-0.05, 0) is 38.5 Å². The highest BCUT2D eigenvalue weighted by molar-refractivity contribution is 5.95. The predicted molar refractivity (Wildman–Crippen MR) is 69.3 cm³/mol. The van der Waals surface area contributed by atoms with Crippen LogP contribution in [0.2, 0.25) is 0 Å². The third-order valence-corrected chi connectivity index (χ3v) is 2.81. The number of carbonyl (C=O) groups is 2. The Labute approximate surface area is 106 Å². The van der Waals surface area contributed by atoms with E-state index in [1.165, 1.54) is 0 Å². The Balaban J connectivity index is 2.72. The molecule has 0 saturated carbocycles. The number of nitrogens with two attached hydrogens (primary N) is 1. The first-order valence-electron chi connectivity index (χ1n) is 5.62. The zero-order valence-corrected chi connectivity index (χ0v) is 10.8. The number of aliphatic carboxylic acids is 1. The van der Waals surface area contributed by atoms with E-state index in [4.69, 9.17) is 10.8 Å². The number of benzene rings is 1. The third kappa shape index (κ3) is 3.23. The van der Waals surface area contributed by atoms with E-state index >= 15 is 0 Å². The van der Waals surface area contributed by atoms with Crippen molar-refractivity contribution in [1.82, 2.24) is 5.32 Å². The van der Waals surface area contributed by atoms with Gasteiger partial charge in [-0.15, -0.1) is 0 Å². The maximum absolute atomic E-state index is 11.8. The van der Waals surface area contributed by atoms with Gasteiger partial charge in [0.15, 0.2) is 0 Å². The largest absolute Gasteiger partial charge is 0.481 e. The molecule has 0 aliphatic carbocycles. The van der Waals surface area contributed by atoms with Gasteiger partial charge in [-0.1, -0.05) is 6.07 Å². The van der Waals surface area contributed by atoms with Crippen molar-refractivity contribution in [2.24, 2.45) is 5.41 Å². The lowest BCUT2D eigenvalue weighted by atomic mass is 9.94. The van der Waals surface area contributed by atoms with Gasteiger partial charge in [0.05, 0.1) is 5.41 Å². The second kappa shape index (κ2) is 5.08. The van der Waals surface area contributed by atoms with Crippen molar-refractivity contribution >= 4 is 17.6 Å². The zero-order valence-electron chi connectivity index (χ0n) is 10.8. The minimum atomic E-state index is -0.994. The van der Waals surface area contributed by atoms with Crippen molar-refractivity contribution in [3.05, 3.63) is 29.3 Å². The molecule has 0 aliphatic heterocycles. The molecule has 0 aliphatic rings. The lowest BCUT2D eigenvalue weighted by Crippen LogP contribution is -2.38. The van der Waals surface area contributed by atoms with E-state index in [0.717, 1.165) is 5.56 Å². The number of carbonyl (C=O) groups excluding carboxylic acids is 1. The molecule has 4 N–H and O–H groups in total. The van der Waals surface area contributed by atoms with Crippen molar-refractivity contribution in [1.29, 1.82) is 0 Å². The van der Waals surface area contributed by atoms with Crippen molar-refractivity contribution in [3.63, 3.8) is 0 Å². The first-order chi connectivity index (χ1) is 8.24. The summed E-state index contributed by atoms with van der Waals surface area (Å²) in [5.41, 5.74) is 6.59. The van der Waals surface area contributed by atoms with Crippen molar-refractivity contribution in [2.75, 3.05) is 12.3 Å². The number of rotatable bonds is 4. The summed E-state index contributed by atoms with van der Waals surface area (Å²) in [7, 11) is 0. The number of nitrogens with one attached hydrogen (secondary N) is 1. The Morgan fingerprint density at radius 3 is 2.50 bits per heavy atom. The van der Waals surface area contributed by atoms with Crippen LogP contribution >= 0.6 is 0 Å². The van der Waals surface area contributed by atoms with Gasteiger partial charge in [-0.25, -0.2) is 0 Å². The zero-order chi connectivity index (χ0) is 13.9. The Kier molecular flexibility index (Phi) is 3.96. The van der Waals surface area contributed by atoms with E-state index in [-0.39, 0.29) is 12.5 Å². The highest BCUT2D eigenvalue weighted by Crippen LogP contribution is 2.15. The molecule has 1 aromatic carbocycles. The molecule has 0 aromatic heterocycles. The first kappa shape index (κ1) is 14.0. The van der Waals surface area contributed by atoms with E-state index in [9.17, 15) is 9.59 Å². The molecule has 5 nitrogen and oxygen atoms in total. The van der Waals surface area contributed by atoms with Gasteiger partial charge >= 0.3 is 5.97 Å². The quantitative estimate of drug-likeness (QED) is 0.704. The topological polar surface area (TPSA) is 92.4 Å². The van der Waals surface area contributed by atoms with Gasteiger partial charge < -0.3 is 16.2 Å². The molecule has 1 rings (SSSR count). The molecule has 1 amide bonds. The van der Waals surface area contributed by atoms with Crippen LogP contribution in [-0.2, 0) is 4.79 Å². The number of aryl methyl sites for hydroxylation is 1. The summed E-state index contributed by atoms with van der Waals surface area (Å²) in [4.78, 5) is 22.7. The summed E-state index contributed by atoms with van der Waals surface area (Å²) in [6.07, 6.45) is 0. The molecule has 1 aromatic rings. The number of amides is 1. The highest BCUT2D eigenvalue weighted by Gasteiger charge is 2.27. The van der Waals surface area contributed by atoms with Gasteiger partial charge in [0.1, 0.15) is 0 Å². The summed E-state index contributed by atoms with van der Waals surface area (Å²) in [5.74, 6) is -1.28. The molecular weight excluding hydrogens is 232 g/mol. The molecule has 0 spiro atoms. The molecule has 0 heterocycles. The van der Waals surface area contributed by atoms with Crippen LogP contribution in [-0.4, -0.2) is 23.5 Å². The molecule has 98 valence electrons. The fraction of sp³-hybridized carbons (Fsp3) is 0.385. The Morgan fingerprint density at radius 1 is 1.39 bits per heavy atom. The van der Waals surface area contributed by atoms with Crippen molar-refractivity contribution < 1.29 is 14.7 Å². The second-order valence-electron chi connectivity index (χ2n) is 4.94. The van der Waals surface area contributed by atoms with Crippen LogP contribution in [0.5, 0.6) is 0 Å². The van der Waals surface area contributed by atoms with Crippen LogP contribution in [0.1, 0.15) is 29.8 Å². The lowest BCUT2D eigenvalue weighted by Gasteiger charge is -2.19. The minimum absolute atomic E-state index is 0.0644. The van der Waals surface area contributed by atoms with E-state index in [0.29, 0.717) is 11.3 Å². The van der Waals surface area contributed by atoms with Crippen LogP contribution in [0.4, 0.5) is 5.69 Å². The van der Waals surface area contributed by atoms with E-state index in [2.05, 4.69) is 5.32 Å². The summed E-state index contributed by atoms with van der Waals surface area (Å²) in [6, 6.07) is 5.00. The molecular formula is C13H18N2O3. The summed E-state index contributed by atoms with van der Waals surface area (Å²) in [5, 5.41) is 11.5. The van der Waals surface area contributed by atoms with E-state index < -0.39 is 11.4 Å². The van der Waals surface area contributed by atoms with Crippen LogP contribution in [0, 0.1) is 12.3 Å². The van der Waals surface area contributed by atoms with Gasteiger partial charge in [0.2, 0.25) is 0 Å². The van der Waals surface area contributed by atoms with Crippen LogP contribution in [0.15, 0.2) is 18.2 Å². The van der Waals surface area contributed by atoms with Gasteiger partial charge in [-0.2, -0.15) is 0 Å². The summed E-state index contributed by atoms with van der Waals surface area (Å²) in [6.45, 7) is 5.03. The first-order valence-corrected chi connectivity index (χ1v) is 5.62. The summed E-state index contributed by atoms with van der Waals surface area (Å²) >= 11 is 0. The summed E-state index contributed by atoms with van der Waals surface area (Å²) < 4.78 is 0. The smallest absolute Gasteiger partial charge is 0.310 e. The van der Waals surface area contributed by atoms with Crippen molar-refractivity contribution in [2.45, 2.75) is 20.8 Å². The van der Waals surface area contributed by atoms with Gasteiger partial charge in [-0.3, -0.25) is 9.59 Å². The third-order valence-electron chi connectivity index (χ3n) is 2.81. The molecule has 0 atom stereocenters. The number of hydrogen-bond acceptors (Lipinski definition) is 3. The standard InChI is InChI=1S/C13H18N2O3/c1-8-4-5-9(6-10(8)14)11(16)15-7-13(2,3)12(17)18/h4-6H,7,14H2,1-3H3,(H,15,16)(H,17,18).